The molecule has 9 heteroatoms. The lowest BCUT2D eigenvalue weighted by molar-refractivity contribution is -0.137. The van der Waals surface area contributed by atoms with Crippen LogP contribution in [0.3, 0.4) is 0 Å². The van der Waals surface area contributed by atoms with Crippen LogP contribution in [0, 0.1) is 17.8 Å². The lowest BCUT2D eigenvalue weighted by Crippen LogP contribution is -2.32. The van der Waals surface area contributed by atoms with Gasteiger partial charge in [-0.2, -0.15) is 0 Å². The summed E-state index contributed by atoms with van der Waals surface area (Å²) in [5.74, 6) is 4.81. The van der Waals surface area contributed by atoms with Crippen molar-refractivity contribution in [2.75, 3.05) is 24.5 Å². The summed E-state index contributed by atoms with van der Waals surface area (Å²) in [6, 6.07) is 10.9. The lowest BCUT2D eigenvalue weighted by atomic mass is 10.1. The fourth-order valence-corrected chi connectivity index (χ4v) is 4.28. The van der Waals surface area contributed by atoms with E-state index in [0.717, 1.165) is 18.8 Å². The number of alkyl carbamates (subject to hydrolysis) is 1. The number of anilines is 1. The summed E-state index contributed by atoms with van der Waals surface area (Å²) in [6.07, 6.45) is -0.584. The summed E-state index contributed by atoms with van der Waals surface area (Å²) in [4.78, 5) is 40.4. The van der Waals surface area contributed by atoms with Gasteiger partial charge in [0.15, 0.2) is 11.3 Å². The average molecular weight is 612 g/mol. The van der Waals surface area contributed by atoms with Gasteiger partial charge in [-0.05, 0) is 71.0 Å². The Morgan fingerprint density at radius 1 is 1.10 bits per heavy atom. The molecule has 0 saturated heterocycles. The Morgan fingerprint density at radius 3 is 2.33 bits per heavy atom. The van der Waals surface area contributed by atoms with E-state index in [0.29, 0.717) is 15.6 Å². The summed E-state index contributed by atoms with van der Waals surface area (Å²) in [6.45, 7) is 14.6. The second-order valence-corrected chi connectivity index (χ2v) is 11.3. The molecule has 2 aromatic carbocycles. The second-order valence-electron chi connectivity index (χ2n) is 10.4. The molecule has 0 fully saturated rings. The number of fused-ring (bicyclic) bond motifs is 1. The highest BCUT2D eigenvalue weighted by Crippen LogP contribution is 2.34. The quantitative estimate of drug-likeness (QED) is 0.240. The first kappa shape index (κ1) is 30.8. The maximum atomic E-state index is 13.7. The standard InChI is InChI=1S/C31H35BrN2O6/c1-8-34(9-2)23-14-12-20(13-15-23)27-28(39-29(36)19(3)4)25(35)24-18-22(32)17-21(26(24)38-27)11-10-16-33-30(37)40-31(5,6)7/h12-15,17-19H,8-9,16H2,1-7H3,(H,33,37). The number of benzene rings is 2. The molecule has 3 rings (SSSR count). The first-order chi connectivity index (χ1) is 18.8. The van der Waals surface area contributed by atoms with Crippen molar-refractivity contribution in [3.63, 3.8) is 0 Å². The van der Waals surface area contributed by atoms with Gasteiger partial charge in [-0.1, -0.05) is 41.6 Å². The highest BCUT2D eigenvalue weighted by Gasteiger charge is 2.23. The molecule has 0 saturated carbocycles. The maximum absolute atomic E-state index is 13.7. The van der Waals surface area contributed by atoms with Gasteiger partial charge < -0.3 is 24.1 Å². The third kappa shape index (κ3) is 7.66. The van der Waals surface area contributed by atoms with Crippen molar-refractivity contribution < 1.29 is 23.5 Å². The Bertz CT molecular complexity index is 1500. The van der Waals surface area contributed by atoms with Crippen molar-refractivity contribution in [3.05, 3.63) is 56.7 Å². The molecule has 0 radical (unpaired) electrons. The smallest absolute Gasteiger partial charge is 0.408 e. The number of hydrogen-bond donors (Lipinski definition) is 1. The summed E-state index contributed by atoms with van der Waals surface area (Å²) < 4.78 is 17.7. The van der Waals surface area contributed by atoms with Crippen molar-refractivity contribution in [3.8, 4) is 28.9 Å². The molecule has 1 N–H and O–H groups in total. The maximum Gasteiger partial charge on any atom is 0.408 e. The molecular weight excluding hydrogens is 576 g/mol. The van der Waals surface area contributed by atoms with Gasteiger partial charge in [-0.25, -0.2) is 4.79 Å². The number of nitrogens with one attached hydrogen (secondary N) is 1. The van der Waals surface area contributed by atoms with Crippen LogP contribution >= 0.6 is 15.9 Å². The van der Waals surface area contributed by atoms with Crippen LogP contribution in [-0.4, -0.2) is 37.3 Å². The molecule has 0 atom stereocenters. The van der Waals surface area contributed by atoms with E-state index in [4.69, 9.17) is 13.9 Å². The number of nitrogens with zero attached hydrogens (tertiary/aromatic N) is 1. The van der Waals surface area contributed by atoms with Gasteiger partial charge >= 0.3 is 12.1 Å². The minimum atomic E-state index is -0.627. The predicted octanol–water partition coefficient (Wildman–Crippen LogP) is 6.51. The zero-order chi connectivity index (χ0) is 29.6. The largest absolute Gasteiger partial charge is 0.451 e. The van der Waals surface area contributed by atoms with Crippen LogP contribution in [0.5, 0.6) is 5.75 Å². The topological polar surface area (TPSA) is 98.1 Å². The molecule has 1 aromatic heterocycles. The lowest BCUT2D eigenvalue weighted by Gasteiger charge is -2.21. The molecule has 0 aliphatic heterocycles. The fraction of sp³-hybridized carbons (Fsp3) is 0.387. The molecule has 1 heterocycles. The Labute approximate surface area is 243 Å². The molecule has 0 bridgehead atoms. The number of esters is 1. The van der Waals surface area contributed by atoms with Crippen molar-refractivity contribution in [2.24, 2.45) is 5.92 Å². The van der Waals surface area contributed by atoms with Gasteiger partial charge in [0.25, 0.3) is 0 Å². The highest BCUT2D eigenvalue weighted by atomic mass is 79.9. The van der Waals surface area contributed by atoms with Gasteiger partial charge in [-0.3, -0.25) is 9.59 Å². The van der Waals surface area contributed by atoms with Crippen LogP contribution in [0.15, 0.2) is 50.1 Å². The number of hydrogen-bond acceptors (Lipinski definition) is 7. The number of rotatable bonds is 7. The van der Waals surface area contributed by atoms with Gasteiger partial charge in [0.05, 0.1) is 23.4 Å². The first-order valence-corrected chi connectivity index (χ1v) is 14.0. The molecule has 212 valence electrons. The molecule has 3 aromatic rings. The first-order valence-electron chi connectivity index (χ1n) is 13.2. The summed E-state index contributed by atoms with van der Waals surface area (Å²) in [7, 11) is 0. The van der Waals surface area contributed by atoms with Crippen LogP contribution < -0.4 is 20.4 Å². The van der Waals surface area contributed by atoms with Crippen LogP contribution in [0.1, 0.15) is 54.0 Å². The molecule has 0 aliphatic rings. The average Bonchev–Trinajstić information content (AvgIpc) is 2.88. The third-order valence-corrected chi connectivity index (χ3v) is 6.25. The van der Waals surface area contributed by atoms with Crippen LogP contribution in [0.2, 0.25) is 0 Å². The minimum Gasteiger partial charge on any atom is -0.451 e. The van der Waals surface area contributed by atoms with E-state index < -0.39 is 29.0 Å². The van der Waals surface area contributed by atoms with Gasteiger partial charge in [0, 0.05) is 28.8 Å². The third-order valence-electron chi connectivity index (χ3n) is 5.79. The summed E-state index contributed by atoms with van der Waals surface area (Å²) in [5.41, 5.74) is 1.15. The zero-order valence-corrected chi connectivity index (χ0v) is 25.5. The van der Waals surface area contributed by atoms with E-state index in [1.807, 2.05) is 24.3 Å². The van der Waals surface area contributed by atoms with Gasteiger partial charge in [-0.15, -0.1) is 0 Å². The summed E-state index contributed by atoms with van der Waals surface area (Å²) >= 11 is 3.43. The molecule has 0 unspecified atom stereocenters. The minimum absolute atomic E-state index is 0.0247. The van der Waals surface area contributed by atoms with Crippen molar-refractivity contribution in [2.45, 2.75) is 54.1 Å². The van der Waals surface area contributed by atoms with E-state index in [1.165, 1.54) is 0 Å². The highest BCUT2D eigenvalue weighted by molar-refractivity contribution is 9.10. The Morgan fingerprint density at radius 2 is 1.75 bits per heavy atom. The Balaban J connectivity index is 2.13. The monoisotopic (exact) mass is 610 g/mol. The van der Waals surface area contributed by atoms with Crippen LogP contribution in [0.25, 0.3) is 22.3 Å². The molecule has 0 aliphatic carbocycles. The number of ether oxygens (including phenoxy) is 2. The van der Waals surface area contributed by atoms with Gasteiger partial charge in [0.2, 0.25) is 11.2 Å². The van der Waals surface area contributed by atoms with E-state index in [-0.39, 0.29) is 29.0 Å². The molecule has 1 amide bonds. The number of halogens is 1. The normalized spacial score (nSPS) is 11.1. The number of carbonyl (C=O) groups is 2. The predicted molar refractivity (Wildman–Crippen MR) is 161 cm³/mol. The Kier molecular flexibility index (Phi) is 10.0. The molecule has 8 nitrogen and oxygen atoms in total. The Hall–Kier alpha value is -3.77. The van der Waals surface area contributed by atoms with Gasteiger partial charge in [0.1, 0.15) is 5.60 Å². The fourth-order valence-electron chi connectivity index (χ4n) is 3.82. The molecular formula is C31H35BrN2O6. The van der Waals surface area contributed by atoms with Crippen molar-refractivity contribution in [1.82, 2.24) is 5.32 Å². The van der Waals surface area contributed by atoms with Crippen molar-refractivity contribution >= 4 is 44.6 Å². The van der Waals surface area contributed by atoms with E-state index >= 15 is 0 Å². The zero-order valence-electron chi connectivity index (χ0n) is 23.9. The second kappa shape index (κ2) is 13.1. The van der Waals surface area contributed by atoms with E-state index in [1.54, 1.807) is 46.8 Å². The summed E-state index contributed by atoms with van der Waals surface area (Å²) in [5, 5.41) is 2.79. The van der Waals surface area contributed by atoms with E-state index in [9.17, 15) is 14.4 Å². The van der Waals surface area contributed by atoms with Crippen LogP contribution in [0.4, 0.5) is 10.5 Å². The molecule has 0 spiro atoms. The van der Waals surface area contributed by atoms with Crippen molar-refractivity contribution in [1.29, 1.82) is 0 Å². The SMILES string of the molecule is CCN(CC)c1ccc(-c2oc3c(C#CCNC(=O)OC(C)(C)C)cc(Br)cc3c(=O)c2OC(=O)C(C)C)cc1. The number of carbonyl (C=O) groups excluding carboxylic acids is 2. The van der Waals surface area contributed by atoms with Crippen LogP contribution in [-0.2, 0) is 9.53 Å². The molecule has 40 heavy (non-hydrogen) atoms. The van der Waals surface area contributed by atoms with E-state index in [2.05, 4.69) is 51.8 Å². The number of amides is 1.